The Balaban J connectivity index is 1.67. The normalized spacial score (nSPS) is 21.8. The highest BCUT2D eigenvalue weighted by molar-refractivity contribution is 5.76. The first-order chi connectivity index (χ1) is 10.6. The van der Waals surface area contributed by atoms with Gasteiger partial charge in [0.1, 0.15) is 5.75 Å². The first kappa shape index (κ1) is 16.8. The number of aliphatic hydroxyl groups excluding tert-OH is 1. The molecule has 5 nitrogen and oxygen atoms in total. The maximum absolute atomic E-state index is 12.0. The molecule has 0 saturated carbocycles. The Morgan fingerprint density at radius 3 is 2.73 bits per heavy atom. The lowest BCUT2D eigenvalue weighted by Gasteiger charge is -2.15. The number of nitrogens with one attached hydrogen (secondary N) is 1. The predicted molar refractivity (Wildman–Crippen MR) is 86.0 cm³/mol. The lowest BCUT2D eigenvalue weighted by Crippen LogP contribution is -2.36. The number of aryl methyl sites for hydroxylation is 1. The molecule has 5 heteroatoms. The highest BCUT2D eigenvalue weighted by atomic mass is 16.5. The molecule has 0 radical (unpaired) electrons. The van der Waals surface area contributed by atoms with Crippen LogP contribution in [0.2, 0.25) is 0 Å². The van der Waals surface area contributed by atoms with Crippen LogP contribution in [0.4, 0.5) is 0 Å². The lowest BCUT2D eigenvalue weighted by molar-refractivity contribution is -0.121. The summed E-state index contributed by atoms with van der Waals surface area (Å²) in [5, 5.41) is 12.3. The van der Waals surface area contributed by atoms with Gasteiger partial charge in [0.25, 0.3) is 0 Å². The van der Waals surface area contributed by atoms with Crippen molar-refractivity contribution in [3.63, 3.8) is 0 Å². The quantitative estimate of drug-likeness (QED) is 0.794. The third-order valence-corrected chi connectivity index (χ3v) is 4.29. The molecule has 0 unspecified atom stereocenters. The Bertz CT molecular complexity index is 475. The van der Waals surface area contributed by atoms with E-state index in [1.807, 2.05) is 31.3 Å². The van der Waals surface area contributed by atoms with Crippen LogP contribution in [0.3, 0.4) is 0 Å². The van der Waals surface area contributed by atoms with Crippen molar-refractivity contribution in [2.24, 2.45) is 0 Å². The van der Waals surface area contributed by atoms with Gasteiger partial charge in [0.2, 0.25) is 5.91 Å². The molecule has 2 atom stereocenters. The van der Waals surface area contributed by atoms with E-state index in [1.54, 1.807) is 7.11 Å². The third-order valence-electron chi connectivity index (χ3n) is 4.29. The lowest BCUT2D eigenvalue weighted by atomic mass is 10.1. The van der Waals surface area contributed by atoms with Crippen molar-refractivity contribution in [1.82, 2.24) is 10.2 Å². The fraction of sp³-hybridized carbons (Fsp3) is 0.588. The molecule has 2 N–H and O–H groups in total. The number of amides is 1. The minimum absolute atomic E-state index is 0.102. The maximum Gasteiger partial charge on any atom is 0.220 e. The van der Waals surface area contributed by atoms with Crippen LogP contribution in [0.25, 0.3) is 0 Å². The van der Waals surface area contributed by atoms with Gasteiger partial charge in [-0.2, -0.15) is 0 Å². The number of aliphatic hydroxyl groups is 1. The topological polar surface area (TPSA) is 61.8 Å². The van der Waals surface area contributed by atoms with E-state index in [0.29, 0.717) is 6.42 Å². The van der Waals surface area contributed by atoms with E-state index in [2.05, 4.69) is 10.2 Å². The van der Waals surface area contributed by atoms with E-state index in [1.165, 1.54) is 5.56 Å². The fourth-order valence-electron chi connectivity index (χ4n) is 2.94. The van der Waals surface area contributed by atoms with Gasteiger partial charge in [-0.05, 0) is 44.0 Å². The van der Waals surface area contributed by atoms with Gasteiger partial charge >= 0.3 is 0 Å². The van der Waals surface area contributed by atoms with Gasteiger partial charge in [-0.3, -0.25) is 9.69 Å². The van der Waals surface area contributed by atoms with Crippen molar-refractivity contribution in [2.45, 2.75) is 37.8 Å². The Morgan fingerprint density at radius 1 is 1.41 bits per heavy atom. The molecule has 0 spiro atoms. The number of likely N-dealkylation sites (tertiary alicyclic amines) is 1. The molecule has 1 heterocycles. The van der Waals surface area contributed by atoms with Crippen LogP contribution in [-0.4, -0.2) is 55.3 Å². The van der Waals surface area contributed by atoms with Crippen LogP contribution >= 0.6 is 0 Å². The number of benzene rings is 1. The molecule has 0 bridgehead atoms. The number of hydrogen-bond donors (Lipinski definition) is 2. The van der Waals surface area contributed by atoms with Gasteiger partial charge in [-0.1, -0.05) is 12.1 Å². The van der Waals surface area contributed by atoms with E-state index in [4.69, 9.17) is 4.74 Å². The van der Waals surface area contributed by atoms with Gasteiger partial charge in [-0.15, -0.1) is 0 Å². The molecule has 2 rings (SSSR count). The number of carbonyl (C=O) groups excluding carboxylic acids is 1. The first-order valence-corrected chi connectivity index (χ1v) is 7.85. The number of likely N-dealkylation sites (N-methyl/N-ethyl adjacent to an activating group) is 1. The van der Waals surface area contributed by atoms with Crippen LogP contribution in [0.1, 0.15) is 24.8 Å². The number of nitrogens with zero attached hydrogens (tertiary/aromatic N) is 1. The number of methoxy groups -OCH3 is 1. The van der Waals surface area contributed by atoms with Gasteiger partial charge in [0.15, 0.2) is 0 Å². The summed E-state index contributed by atoms with van der Waals surface area (Å²) in [6, 6.07) is 8.29. The first-order valence-electron chi connectivity index (χ1n) is 7.85. The minimum Gasteiger partial charge on any atom is -0.497 e. The summed E-state index contributed by atoms with van der Waals surface area (Å²) >= 11 is 0. The zero-order valence-electron chi connectivity index (χ0n) is 13.4. The zero-order valence-corrected chi connectivity index (χ0v) is 13.4. The molecule has 0 aliphatic carbocycles. The monoisotopic (exact) mass is 306 g/mol. The molecule has 1 aromatic carbocycles. The minimum atomic E-state index is 0.102. The summed E-state index contributed by atoms with van der Waals surface area (Å²) in [5.41, 5.74) is 1.22. The second kappa shape index (κ2) is 8.15. The number of carbonyl (C=O) groups is 1. The predicted octanol–water partition coefficient (Wildman–Crippen LogP) is 1.20. The number of hydrogen-bond acceptors (Lipinski definition) is 4. The van der Waals surface area contributed by atoms with Crippen molar-refractivity contribution in [3.05, 3.63) is 29.8 Å². The van der Waals surface area contributed by atoms with Gasteiger partial charge in [0, 0.05) is 25.0 Å². The Kier molecular flexibility index (Phi) is 6.21. The number of ether oxygens (including phenoxy) is 1. The molecule has 1 amide bonds. The van der Waals surface area contributed by atoms with E-state index in [0.717, 1.165) is 31.6 Å². The molecule has 1 aliphatic rings. The maximum atomic E-state index is 12.0. The van der Waals surface area contributed by atoms with Gasteiger partial charge in [-0.25, -0.2) is 0 Å². The summed E-state index contributed by atoms with van der Waals surface area (Å²) in [4.78, 5) is 14.1. The van der Waals surface area contributed by atoms with Crippen LogP contribution in [0.5, 0.6) is 5.75 Å². The van der Waals surface area contributed by atoms with Crippen LogP contribution in [0, 0.1) is 0 Å². The summed E-state index contributed by atoms with van der Waals surface area (Å²) in [6.07, 6.45) is 3.10. The van der Waals surface area contributed by atoms with E-state index >= 15 is 0 Å². The van der Waals surface area contributed by atoms with Crippen molar-refractivity contribution in [2.75, 3.05) is 27.3 Å². The Labute approximate surface area is 132 Å². The smallest absolute Gasteiger partial charge is 0.220 e. The van der Waals surface area contributed by atoms with Crippen molar-refractivity contribution >= 4 is 5.91 Å². The van der Waals surface area contributed by atoms with Gasteiger partial charge < -0.3 is 15.2 Å². The van der Waals surface area contributed by atoms with E-state index < -0.39 is 0 Å². The third kappa shape index (κ3) is 4.71. The average molecular weight is 306 g/mol. The van der Waals surface area contributed by atoms with Crippen LogP contribution in [-0.2, 0) is 11.2 Å². The largest absolute Gasteiger partial charge is 0.497 e. The average Bonchev–Trinajstić information content (AvgIpc) is 2.87. The number of rotatable bonds is 7. The van der Waals surface area contributed by atoms with Crippen molar-refractivity contribution < 1.29 is 14.6 Å². The van der Waals surface area contributed by atoms with Crippen molar-refractivity contribution in [3.8, 4) is 5.75 Å². The summed E-state index contributed by atoms with van der Waals surface area (Å²) in [5.74, 6) is 0.954. The molecular formula is C17H26N2O3. The Morgan fingerprint density at radius 2 is 2.14 bits per heavy atom. The molecular weight excluding hydrogens is 280 g/mol. The standard InChI is InChI=1S/C17H26N2O3/c1-19-11-14(10-15(19)12-20)18-17(21)5-3-4-13-6-8-16(22-2)9-7-13/h6-9,14-15,20H,3-5,10-12H2,1-2H3,(H,18,21)/t14-,15+/m1/s1. The van der Waals surface area contributed by atoms with Gasteiger partial charge in [0.05, 0.1) is 13.7 Å². The second-order valence-corrected chi connectivity index (χ2v) is 5.98. The highest BCUT2D eigenvalue weighted by Gasteiger charge is 2.29. The molecule has 122 valence electrons. The SMILES string of the molecule is COc1ccc(CCCC(=O)N[C@@H]2C[C@@H](CO)N(C)C2)cc1. The molecule has 1 fully saturated rings. The molecule has 0 aromatic heterocycles. The molecule has 1 aliphatic heterocycles. The van der Waals surface area contributed by atoms with Crippen LogP contribution < -0.4 is 10.1 Å². The summed E-state index contributed by atoms with van der Waals surface area (Å²) in [6.45, 7) is 0.968. The highest BCUT2D eigenvalue weighted by Crippen LogP contribution is 2.16. The summed E-state index contributed by atoms with van der Waals surface area (Å²) < 4.78 is 5.13. The fourth-order valence-corrected chi connectivity index (χ4v) is 2.94. The molecule has 22 heavy (non-hydrogen) atoms. The molecule has 1 saturated heterocycles. The van der Waals surface area contributed by atoms with Crippen LogP contribution in [0.15, 0.2) is 24.3 Å². The van der Waals surface area contributed by atoms with E-state index in [9.17, 15) is 9.90 Å². The Hall–Kier alpha value is -1.59. The van der Waals surface area contributed by atoms with Crippen molar-refractivity contribution in [1.29, 1.82) is 0 Å². The molecule has 1 aromatic rings. The summed E-state index contributed by atoms with van der Waals surface area (Å²) in [7, 11) is 3.64. The van der Waals surface area contributed by atoms with E-state index in [-0.39, 0.29) is 24.6 Å². The zero-order chi connectivity index (χ0) is 15.9. The second-order valence-electron chi connectivity index (χ2n) is 5.98.